The van der Waals surface area contributed by atoms with Crippen molar-refractivity contribution in [2.45, 2.75) is 93.8 Å². The Hall–Kier alpha value is -3.53. The first-order valence-corrected chi connectivity index (χ1v) is 19.0. The van der Waals surface area contributed by atoms with Gasteiger partial charge in [-0.25, -0.2) is 4.79 Å². The van der Waals surface area contributed by atoms with Gasteiger partial charge in [-0.05, 0) is 44.1 Å². The normalized spacial score (nSPS) is 22.1. The number of fused-ring (bicyclic) bond motifs is 1. The third kappa shape index (κ3) is 10.1. The third-order valence-electron chi connectivity index (χ3n) is 9.32. The summed E-state index contributed by atoms with van der Waals surface area (Å²) < 4.78 is 4.81. The molecular weight excluding hydrogens is 804 g/mol. The number of benzene rings is 1. The quantitative estimate of drug-likeness (QED) is 0.173. The summed E-state index contributed by atoms with van der Waals surface area (Å²) in [6, 6.07) is 4.36. The maximum absolute atomic E-state index is 14.1. The van der Waals surface area contributed by atoms with Crippen LogP contribution in [0.1, 0.15) is 72.4 Å². The summed E-state index contributed by atoms with van der Waals surface area (Å²) in [5, 5.41) is 10.4. The molecule has 0 radical (unpaired) electrons. The van der Waals surface area contributed by atoms with Gasteiger partial charge in [0.25, 0.3) is 5.91 Å². The number of alkyl halides is 2. The number of halogens is 2. The SMILES string of the molecule is CN(C)C(=O)[C@@H](NC(=O)CNC(=O)C(=O)C(CC1CC1)NC(=O)[C@@H]1C2C(CN1C(=O)C(NC(=O)OC(C)(C)C)C(C)(C)C)C2(Br)Br)c1ccccc1. The van der Waals surface area contributed by atoms with E-state index in [1.807, 2.05) is 0 Å². The highest BCUT2D eigenvalue weighted by molar-refractivity contribution is 9.25. The minimum atomic E-state index is -1.21. The van der Waals surface area contributed by atoms with Crippen LogP contribution in [0.2, 0.25) is 0 Å². The Balaban J connectivity index is 1.46. The Bertz CT molecular complexity index is 1570. The monoisotopic (exact) mass is 852 g/mol. The van der Waals surface area contributed by atoms with Crippen molar-refractivity contribution in [3.63, 3.8) is 0 Å². The first kappa shape index (κ1) is 41.2. The molecule has 14 nitrogen and oxygen atoms in total. The van der Waals surface area contributed by atoms with Crippen LogP contribution in [-0.4, -0.2) is 105 Å². The number of hydrogen-bond donors (Lipinski definition) is 4. The number of carbonyl (C=O) groups excluding carboxylic acids is 7. The Morgan fingerprint density at radius 1 is 0.942 bits per heavy atom. The molecule has 6 amide bonds. The number of carbonyl (C=O) groups is 7. The lowest BCUT2D eigenvalue weighted by molar-refractivity contribution is -0.145. The summed E-state index contributed by atoms with van der Waals surface area (Å²) in [6.07, 6.45) is 1.11. The number of likely N-dealkylation sites (N-methyl/N-ethyl adjacent to an activating group) is 1. The van der Waals surface area contributed by atoms with Crippen LogP contribution in [0.15, 0.2) is 30.3 Å². The van der Waals surface area contributed by atoms with E-state index < -0.39 is 80.5 Å². The van der Waals surface area contributed by atoms with E-state index in [4.69, 9.17) is 4.74 Å². The molecule has 6 atom stereocenters. The van der Waals surface area contributed by atoms with Gasteiger partial charge >= 0.3 is 6.09 Å². The van der Waals surface area contributed by atoms with Gasteiger partial charge in [0.05, 0.1) is 15.8 Å². The highest BCUT2D eigenvalue weighted by Gasteiger charge is 2.73. The maximum atomic E-state index is 14.1. The first-order valence-electron chi connectivity index (χ1n) is 17.4. The summed E-state index contributed by atoms with van der Waals surface area (Å²) >= 11 is 7.26. The average molecular weight is 855 g/mol. The zero-order valence-electron chi connectivity index (χ0n) is 30.9. The summed E-state index contributed by atoms with van der Waals surface area (Å²) in [6.45, 7) is 10.1. The van der Waals surface area contributed by atoms with Gasteiger partial charge in [0, 0.05) is 32.5 Å². The number of Topliss-reactive ketones (excluding diaryl/α,β-unsaturated/α-hetero) is 1. The Kier molecular flexibility index (Phi) is 12.6. The predicted molar refractivity (Wildman–Crippen MR) is 199 cm³/mol. The largest absolute Gasteiger partial charge is 0.444 e. The van der Waals surface area contributed by atoms with Gasteiger partial charge in [-0.2, -0.15) is 0 Å². The number of hydrogen-bond acceptors (Lipinski definition) is 8. The van der Waals surface area contributed by atoms with E-state index in [2.05, 4.69) is 53.1 Å². The van der Waals surface area contributed by atoms with Crippen molar-refractivity contribution in [3.8, 4) is 0 Å². The second-order valence-electron chi connectivity index (χ2n) is 16.1. The molecule has 286 valence electrons. The molecule has 2 aliphatic carbocycles. The Morgan fingerprint density at radius 3 is 2.10 bits per heavy atom. The van der Waals surface area contributed by atoms with Gasteiger partial charge in [-0.15, -0.1) is 0 Å². The van der Waals surface area contributed by atoms with Gasteiger partial charge in [0.1, 0.15) is 23.7 Å². The predicted octanol–water partition coefficient (Wildman–Crippen LogP) is 2.78. The van der Waals surface area contributed by atoms with Crippen molar-refractivity contribution < 1.29 is 38.3 Å². The number of amides is 6. The van der Waals surface area contributed by atoms with Crippen LogP contribution in [-0.2, 0) is 33.5 Å². The van der Waals surface area contributed by atoms with Crippen LogP contribution in [0.25, 0.3) is 0 Å². The lowest BCUT2D eigenvalue weighted by Gasteiger charge is -2.37. The molecule has 1 saturated heterocycles. The van der Waals surface area contributed by atoms with E-state index in [-0.39, 0.29) is 36.6 Å². The fourth-order valence-corrected chi connectivity index (χ4v) is 8.09. The molecule has 0 aromatic heterocycles. The number of alkyl carbamates (subject to hydrolysis) is 1. The van der Waals surface area contributed by atoms with Crippen LogP contribution >= 0.6 is 31.9 Å². The molecule has 16 heteroatoms. The second kappa shape index (κ2) is 15.8. The van der Waals surface area contributed by atoms with Gasteiger partial charge < -0.3 is 35.8 Å². The van der Waals surface area contributed by atoms with Crippen molar-refractivity contribution in [1.29, 1.82) is 0 Å². The number of nitrogens with zero attached hydrogens (tertiary/aromatic N) is 2. The summed E-state index contributed by atoms with van der Waals surface area (Å²) in [4.78, 5) is 96.2. The Labute approximate surface area is 321 Å². The third-order valence-corrected chi connectivity index (χ3v) is 11.5. The maximum Gasteiger partial charge on any atom is 0.408 e. The van der Waals surface area contributed by atoms with Crippen molar-refractivity contribution >= 4 is 73.3 Å². The number of ketones is 1. The molecule has 0 spiro atoms. The van der Waals surface area contributed by atoms with E-state index in [9.17, 15) is 33.6 Å². The van der Waals surface area contributed by atoms with E-state index in [1.54, 1.807) is 86.0 Å². The second-order valence-corrected chi connectivity index (χ2v) is 19.8. The molecule has 1 aromatic carbocycles. The van der Waals surface area contributed by atoms with Crippen LogP contribution in [0.4, 0.5) is 4.79 Å². The molecule has 1 heterocycles. The molecule has 2 saturated carbocycles. The smallest absolute Gasteiger partial charge is 0.408 e. The zero-order chi connectivity index (χ0) is 38.9. The lowest BCUT2D eigenvalue weighted by atomic mass is 9.85. The lowest BCUT2D eigenvalue weighted by Crippen LogP contribution is -2.61. The van der Waals surface area contributed by atoms with Gasteiger partial charge in [0.2, 0.25) is 29.4 Å². The molecule has 52 heavy (non-hydrogen) atoms. The van der Waals surface area contributed by atoms with Gasteiger partial charge in [0.15, 0.2) is 0 Å². The standard InChI is InChI=1S/C36H50Br2N6O8/c1-34(2,3)28(42-33(51)52-35(4,5)6)32(50)44-18-21-24(36(21,37)38)26(44)29(47)40-22(16-19-14-15-19)27(46)30(48)39-17-23(45)41-25(31(49)43(7)8)20-12-10-9-11-13-20/h9-13,19,21-22,24-26,28H,14-18H2,1-8H3,(H,39,48)(H,40,47)(H,41,45)(H,42,51)/t21?,22?,24?,25-,26-,28?/m0/s1. The minimum Gasteiger partial charge on any atom is -0.444 e. The Morgan fingerprint density at radius 2 is 1.56 bits per heavy atom. The number of likely N-dealkylation sites (tertiary alicyclic amines) is 1. The average Bonchev–Trinajstić information content (AvgIpc) is 3.90. The molecule has 4 rings (SSSR count). The summed E-state index contributed by atoms with van der Waals surface area (Å²) in [7, 11) is 3.12. The summed E-state index contributed by atoms with van der Waals surface area (Å²) in [5.74, 6) is -4.50. The molecule has 3 aliphatic rings. The molecular formula is C36H50Br2N6O8. The molecule has 4 N–H and O–H groups in total. The molecule has 4 unspecified atom stereocenters. The number of ether oxygens (including phenoxy) is 1. The molecule has 3 fully saturated rings. The van der Waals surface area contributed by atoms with Crippen molar-refractivity contribution in [1.82, 2.24) is 31.1 Å². The van der Waals surface area contributed by atoms with E-state index in [1.165, 1.54) is 9.80 Å². The van der Waals surface area contributed by atoms with Crippen molar-refractivity contribution in [3.05, 3.63) is 35.9 Å². The zero-order valence-corrected chi connectivity index (χ0v) is 34.1. The highest BCUT2D eigenvalue weighted by Crippen LogP contribution is 2.67. The van der Waals surface area contributed by atoms with Gasteiger partial charge in [-0.3, -0.25) is 28.8 Å². The number of piperidine rings is 1. The topological polar surface area (TPSA) is 183 Å². The van der Waals surface area contributed by atoms with E-state index in [0.717, 1.165) is 12.8 Å². The van der Waals surface area contributed by atoms with Crippen molar-refractivity contribution in [2.24, 2.45) is 23.2 Å². The fraction of sp³-hybridized carbons (Fsp3) is 0.639. The van der Waals surface area contributed by atoms with E-state index >= 15 is 0 Å². The van der Waals surface area contributed by atoms with E-state index in [0.29, 0.717) is 5.56 Å². The van der Waals surface area contributed by atoms with Gasteiger partial charge in [-0.1, -0.05) is 95.8 Å². The van der Waals surface area contributed by atoms with Crippen molar-refractivity contribution in [2.75, 3.05) is 27.2 Å². The van der Waals surface area contributed by atoms with Crippen LogP contribution < -0.4 is 21.3 Å². The van der Waals surface area contributed by atoms with Crippen LogP contribution in [0, 0.1) is 23.2 Å². The fourth-order valence-electron chi connectivity index (χ4n) is 6.36. The number of nitrogens with one attached hydrogen (secondary N) is 4. The first-order chi connectivity index (χ1) is 24.0. The highest BCUT2D eigenvalue weighted by atomic mass is 79.9. The molecule has 1 aliphatic heterocycles. The minimum absolute atomic E-state index is 0.124. The molecule has 1 aromatic rings. The summed E-state index contributed by atoms with van der Waals surface area (Å²) in [5.41, 5.74) is -1.00. The van der Waals surface area contributed by atoms with Crippen LogP contribution in [0.3, 0.4) is 0 Å². The molecule has 0 bridgehead atoms. The van der Waals surface area contributed by atoms with Crippen LogP contribution in [0.5, 0.6) is 0 Å². The number of rotatable bonds is 13.